The van der Waals surface area contributed by atoms with Crippen molar-refractivity contribution >= 4 is 28.8 Å². The van der Waals surface area contributed by atoms with Crippen molar-refractivity contribution in [2.24, 2.45) is 0 Å². The second kappa shape index (κ2) is 7.43. The minimum Gasteiger partial charge on any atom is -0.340 e. The molecule has 1 N–H and O–H groups in total. The van der Waals surface area contributed by atoms with Gasteiger partial charge in [-0.3, -0.25) is 10.1 Å². The van der Waals surface area contributed by atoms with Crippen molar-refractivity contribution in [3.63, 3.8) is 0 Å². The Morgan fingerprint density at radius 3 is 2.50 bits per heavy atom. The van der Waals surface area contributed by atoms with Crippen LogP contribution in [0, 0.1) is 17.0 Å². The Labute approximate surface area is 162 Å². The van der Waals surface area contributed by atoms with Crippen LogP contribution in [0.2, 0.25) is 5.15 Å². The summed E-state index contributed by atoms with van der Waals surface area (Å²) in [6.45, 7) is 1.57. The number of aromatic nitrogens is 2. The predicted octanol–water partition coefficient (Wildman–Crippen LogP) is 5.78. The lowest BCUT2D eigenvalue weighted by Crippen LogP contribution is -2.05. The summed E-state index contributed by atoms with van der Waals surface area (Å²) in [5.74, 6) is 0.181. The molecule has 0 aliphatic rings. The number of rotatable bonds is 4. The van der Waals surface area contributed by atoms with Crippen molar-refractivity contribution in [2.75, 3.05) is 5.32 Å². The highest BCUT2D eigenvalue weighted by Gasteiger charge is 2.30. The van der Waals surface area contributed by atoms with Gasteiger partial charge in [-0.15, -0.1) is 0 Å². The fourth-order valence-corrected chi connectivity index (χ4v) is 2.72. The molecule has 1 heterocycles. The van der Waals surface area contributed by atoms with E-state index in [0.29, 0.717) is 11.3 Å². The molecule has 144 valence electrons. The van der Waals surface area contributed by atoms with Crippen molar-refractivity contribution in [1.82, 2.24) is 9.97 Å². The quantitative estimate of drug-likeness (QED) is 0.336. The zero-order valence-corrected chi connectivity index (χ0v) is 15.0. The molecule has 28 heavy (non-hydrogen) atoms. The van der Waals surface area contributed by atoms with Crippen LogP contribution in [0.4, 0.5) is 30.4 Å². The van der Waals surface area contributed by atoms with Crippen molar-refractivity contribution in [3.8, 4) is 11.4 Å². The number of nitrogens with one attached hydrogen (secondary N) is 1. The molecule has 0 amide bonds. The minimum absolute atomic E-state index is 0.00740. The Morgan fingerprint density at radius 1 is 1.11 bits per heavy atom. The topological polar surface area (TPSA) is 81.0 Å². The highest BCUT2D eigenvalue weighted by molar-refractivity contribution is 6.29. The third kappa shape index (κ3) is 4.20. The van der Waals surface area contributed by atoms with E-state index in [4.69, 9.17) is 11.6 Å². The van der Waals surface area contributed by atoms with Gasteiger partial charge in [-0.05, 0) is 25.1 Å². The van der Waals surface area contributed by atoms with E-state index < -0.39 is 16.7 Å². The smallest absolute Gasteiger partial charge is 0.340 e. The Kier molecular flexibility index (Phi) is 5.19. The van der Waals surface area contributed by atoms with Gasteiger partial charge in [0.25, 0.3) is 5.69 Å². The molecule has 0 unspecified atom stereocenters. The summed E-state index contributed by atoms with van der Waals surface area (Å²) in [4.78, 5) is 18.7. The SMILES string of the molecule is Cc1c(Nc2cc(Cl)nc(-c3cccc(C(F)(F)F)c3)n2)cccc1[N+](=O)[O-]. The second-order valence-corrected chi connectivity index (χ2v) is 6.20. The Bertz CT molecular complexity index is 1060. The largest absolute Gasteiger partial charge is 0.416 e. The molecule has 1 aromatic heterocycles. The van der Waals surface area contributed by atoms with Gasteiger partial charge in [0.2, 0.25) is 0 Å². The number of halogens is 4. The number of benzene rings is 2. The summed E-state index contributed by atoms with van der Waals surface area (Å²) in [5.41, 5.74) is 0.0128. The van der Waals surface area contributed by atoms with Gasteiger partial charge in [-0.1, -0.05) is 29.8 Å². The maximum atomic E-state index is 12.9. The molecule has 0 aliphatic heterocycles. The molecule has 3 aromatic rings. The van der Waals surface area contributed by atoms with E-state index in [1.54, 1.807) is 13.0 Å². The Balaban J connectivity index is 2.00. The summed E-state index contributed by atoms with van der Waals surface area (Å²) < 4.78 is 38.8. The van der Waals surface area contributed by atoms with Crippen molar-refractivity contribution in [3.05, 3.63) is 74.9 Å². The van der Waals surface area contributed by atoms with Crippen LogP contribution in [0.3, 0.4) is 0 Å². The van der Waals surface area contributed by atoms with Gasteiger partial charge in [-0.25, -0.2) is 9.97 Å². The van der Waals surface area contributed by atoms with Crippen LogP contribution in [-0.2, 0) is 6.18 Å². The van der Waals surface area contributed by atoms with Gasteiger partial charge in [0.15, 0.2) is 5.82 Å². The third-order valence-corrected chi connectivity index (χ3v) is 4.10. The Morgan fingerprint density at radius 2 is 1.82 bits per heavy atom. The van der Waals surface area contributed by atoms with Crippen LogP contribution >= 0.6 is 11.6 Å². The predicted molar refractivity (Wildman–Crippen MR) is 98.6 cm³/mol. The van der Waals surface area contributed by atoms with Gasteiger partial charge in [0.05, 0.1) is 16.1 Å². The first-order chi connectivity index (χ1) is 13.1. The zero-order chi connectivity index (χ0) is 20.5. The fraction of sp³-hybridized carbons (Fsp3) is 0.111. The van der Waals surface area contributed by atoms with E-state index >= 15 is 0 Å². The third-order valence-electron chi connectivity index (χ3n) is 3.91. The van der Waals surface area contributed by atoms with Crippen LogP contribution in [-0.4, -0.2) is 14.9 Å². The average molecular weight is 409 g/mol. The van der Waals surface area contributed by atoms with Crippen LogP contribution in [0.15, 0.2) is 48.5 Å². The molecule has 0 fully saturated rings. The summed E-state index contributed by atoms with van der Waals surface area (Å²) in [5, 5.41) is 14.0. The number of nitro benzene ring substituents is 1. The number of hydrogen-bond acceptors (Lipinski definition) is 5. The lowest BCUT2D eigenvalue weighted by molar-refractivity contribution is -0.385. The Hall–Kier alpha value is -3.20. The fourth-order valence-electron chi connectivity index (χ4n) is 2.54. The first-order valence-electron chi connectivity index (χ1n) is 7.88. The molecule has 10 heteroatoms. The highest BCUT2D eigenvalue weighted by atomic mass is 35.5. The number of hydrogen-bond donors (Lipinski definition) is 1. The monoisotopic (exact) mass is 408 g/mol. The maximum Gasteiger partial charge on any atom is 0.416 e. The molecule has 0 aliphatic carbocycles. The number of anilines is 2. The average Bonchev–Trinajstić information content (AvgIpc) is 2.62. The standard InChI is InChI=1S/C18H12ClF3N4O2/c1-10-13(6-3-7-14(10)26(27)28)23-16-9-15(19)24-17(25-16)11-4-2-5-12(8-11)18(20,21)22/h2-9H,1H3,(H,23,24,25). The van der Waals surface area contributed by atoms with E-state index in [1.165, 1.54) is 30.3 Å². The molecule has 0 bridgehead atoms. The van der Waals surface area contributed by atoms with E-state index in [0.717, 1.165) is 12.1 Å². The zero-order valence-electron chi connectivity index (χ0n) is 14.3. The highest BCUT2D eigenvalue weighted by Crippen LogP contribution is 2.32. The van der Waals surface area contributed by atoms with Gasteiger partial charge >= 0.3 is 6.18 Å². The molecular formula is C18H12ClF3N4O2. The van der Waals surface area contributed by atoms with Gasteiger partial charge < -0.3 is 5.32 Å². The van der Waals surface area contributed by atoms with Gasteiger partial charge in [0, 0.05) is 23.4 Å². The van der Waals surface area contributed by atoms with E-state index in [9.17, 15) is 23.3 Å². The maximum absolute atomic E-state index is 12.9. The molecule has 0 radical (unpaired) electrons. The summed E-state index contributed by atoms with van der Waals surface area (Å²) in [7, 11) is 0. The van der Waals surface area contributed by atoms with Gasteiger partial charge in [-0.2, -0.15) is 13.2 Å². The number of nitro groups is 1. The van der Waals surface area contributed by atoms with Crippen LogP contribution < -0.4 is 5.32 Å². The number of nitrogens with zero attached hydrogens (tertiary/aromatic N) is 3. The molecule has 0 saturated heterocycles. The minimum atomic E-state index is -4.50. The van der Waals surface area contributed by atoms with E-state index in [2.05, 4.69) is 15.3 Å². The molecule has 0 atom stereocenters. The molecule has 0 spiro atoms. The molecule has 0 saturated carbocycles. The van der Waals surface area contributed by atoms with E-state index in [1.807, 2.05) is 0 Å². The van der Waals surface area contributed by atoms with Crippen LogP contribution in [0.25, 0.3) is 11.4 Å². The van der Waals surface area contributed by atoms with Crippen LogP contribution in [0.1, 0.15) is 11.1 Å². The molecule has 2 aromatic carbocycles. The van der Waals surface area contributed by atoms with E-state index in [-0.39, 0.29) is 28.0 Å². The summed E-state index contributed by atoms with van der Waals surface area (Å²) in [6, 6.07) is 10.4. The molecule has 3 rings (SSSR count). The summed E-state index contributed by atoms with van der Waals surface area (Å²) in [6.07, 6.45) is -4.50. The lowest BCUT2D eigenvalue weighted by atomic mass is 10.1. The second-order valence-electron chi connectivity index (χ2n) is 5.81. The normalized spacial score (nSPS) is 11.3. The van der Waals surface area contributed by atoms with Gasteiger partial charge in [0.1, 0.15) is 11.0 Å². The first-order valence-corrected chi connectivity index (χ1v) is 8.26. The number of alkyl halides is 3. The van der Waals surface area contributed by atoms with Crippen molar-refractivity contribution < 1.29 is 18.1 Å². The van der Waals surface area contributed by atoms with Crippen LogP contribution in [0.5, 0.6) is 0 Å². The first kappa shape index (κ1) is 19.6. The molecular weight excluding hydrogens is 397 g/mol. The lowest BCUT2D eigenvalue weighted by Gasteiger charge is -2.11. The van der Waals surface area contributed by atoms with Crippen molar-refractivity contribution in [1.29, 1.82) is 0 Å². The molecule has 6 nitrogen and oxygen atoms in total. The summed E-state index contributed by atoms with van der Waals surface area (Å²) >= 11 is 6.00. The van der Waals surface area contributed by atoms with Crippen molar-refractivity contribution in [2.45, 2.75) is 13.1 Å².